The zero-order chi connectivity index (χ0) is 12.6. The van der Waals surface area contributed by atoms with Crippen LogP contribution < -0.4 is 0 Å². The number of carbonyl (C=O) groups is 2. The van der Waals surface area contributed by atoms with Gasteiger partial charge in [-0.25, -0.2) is 9.59 Å². The fourth-order valence-corrected chi connectivity index (χ4v) is 0.953. The van der Waals surface area contributed by atoms with Gasteiger partial charge in [0, 0.05) is 18.2 Å². The SMILES string of the molecule is CCCOC(C)COC(C)C(=O)OC(=O)Cl. The van der Waals surface area contributed by atoms with Crippen LogP contribution in [0.3, 0.4) is 0 Å². The largest absolute Gasteiger partial charge is 0.411 e. The van der Waals surface area contributed by atoms with E-state index in [0.717, 1.165) is 6.42 Å². The van der Waals surface area contributed by atoms with Crippen molar-refractivity contribution in [2.75, 3.05) is 13.2 Å². The van der Waals surface area contributed by atoms with Gasteiger partial charge in [0.2, 0.25) is 0 Å². The van der Waals surface area contributed by atoms with Crippen LogP contribution in [0.4, 0.5) is 4.79 Å². The molecule has 0 fully saturated rings. The lowest BCUT2D eigenvalue weighted by Gasteiger charge is -2.15. The molecule has 0 heterocycles. The highest BCUT2D eigenvalue weighted by Gasteiger charge is 2.18. The van der Waals surface area contributed by atoms with Crippen LogP contribution in [-0.2, 0) is 19.0 Å². The molecule has 2 atom stereocenters. The Kier molecular flexibility index (Phi) is 8.15. The van der Waals surface area contributed by atoms with E-state index in [1.165, 1.54) is 6.92 Å². The number of halogens is 1. The molecule has 0 N–H and O–H groups in total. The molecule has 0 saturated carbocycles. The second kappa shape index (κ2) is 8.50. The molecule has 0 aromatic rings. The van der Waals surface area contributed by atoms with Crippen LogP contribution in [0.25, 0.3) is 0 Å². The van der Waals surface area contributed by atoms with Gasteiger partial charge in [0.25, 0.3) is 0 Å². The van der Waals surface area contributed by atoms with Crippen molar-refractivity contribution in [3.05, 3.63) is 0 Å². The number of ether oxygens (including phenoxy) is 3. The Labute approximate surface area is 100.0 Å². The average Bonchev–Trinajstić information content (AvgIpc) is 2.21. The molecule has 6 heteroatoms. The molecule has 0 aliphatic rings. The topological polar surface area (TPSA) is 61.8 Å². The van der Waals surface area contributed by atoms with E-state index in [4.69, 9.17) is 21.1 Å². The van der Waals surface area contributed by atoms with Gasteiger partial charge in [-0.1, -0.05) is 6.92 Å². The standard InChI is InChI=1S/C10H17ClO5/c1-4-5-14-7(2)6-15-8(3)9(12)16-10(11)13/h7-8H,4-6H2,1-3H3. The predicted octanol–water partition coefficient (Wildman–Crippen LogP) is 2.11. The van der Waals surface area contributed by atoms with Gasteiger partial charge >= 0.3 is 11.4 Å². The third-order valence-electron chi connectivity index (χ3n) is 1.70. The summed E-state index contributed by atoms with van der Waals surface area (Å²) in [6.45, 7) is 6.21. The van der Waals surface area contributed by atoms with Crippen molar-refractivity contribution in [3.8, 4) is 0 Å². The van der Waals surface area contributed by atoms with Crippen molar-refractivity contribution in [2.45, 2.75) is 39.4 Å². The minimum Gasteiger partial charge on any atom is -0.379 e. The van der Waals surface area contributed by atoms with Crippen molar-refractivity contribution in [3.63, 3.8) is 0 Å². The lowest BCUT2D eigenvalue weighted by molar-refractivity contribution is -0.150. The molecule has 0 rings (SSSR count). The van der Waals surface area contributed by atoms with E-state index in [2.05, 4.69) is 4.74 Å². The lowest BCUT2D eigenvalue weighted by Crippen LogP contribution is -2.28. The van der Waals surface area contributed by atoms with E-state index in [9.17, 15) is 9.59 Å². The Morgan fingerprint density at radius 2 is 1.88 bits per heavy atom. The van der Waals surface area contributed by atoms with Crippen LogP contribution in [-0.4, -0.2) is 36.8 Å². The van der Waals surface area contributed by atoms with Crippen LogP contribution in [0.2, 0.25) is 0 Å². The maximum atomic E-state index is 11.1. The number of esters is 1. The van der Waals surface area contributed by atoms with Gasteiger partial charge in [-0.15, -0.1) is 0 Å². The zero-order valence-electron chi connectivity index (χ0n) is 9.70. The van der Waals surface area contributed by atoms with Gasteiger partial charge in [-0.2, -0.15) is 0 Å². The van der Waals surface area contributed by atoms with Crippen LogP contribution in [0.5, 0.6) is 0 Å². The van der Waals surface area contributed by atoms with Crippen LogP contribution in [0.15, 0.2) is 0 Å². The molecule has 0 radical (unpaired) electrons. The maximum Gasteiger partial charge on any atom is 0.411 e. The smallest absolute Gasteiger partial charge is 0.379 e. The first-order valence-corrected chi connectivity index (χ1v) is 5.49. The maximum absolute atomic E-state index is 11.1. The Balaban J connectivity index is 3.74. The summed E-state index contributed by atoms with van der Waals surface area (Å²) in [6.07, 6.45) is -0.0276. The average molecular weight is 253 g/mol. The first-order valence-electron chi connectivity index (χ1n) is 5.11. The predicted molar refractivity (Wildman–Crippen MR) is 58.5 cm³/mol. The summed E-state index contributed by atoms with van der Waals surface area (Å²) in [5, 5.41) is 0. The minimum atomic E-state index is -1.16. The zero-order valence-corrected chi connectivity index (χ0v) is 10.5. The summed E-state index contributed by atoms with van der Waals surface area (Å²) in [5.74, 6) is -0.803. The van der Waals surface area contributed by atoms with Crippen molar-refractivity contribution < 1.29 is 23.8 Å². The Bertz CT molecular complexity index is 231. The van der Waals surface area contributed by atoms with Gasteiger partial charge in [0.15, 0.2) is 6.10 Å². The van der Waals surface area contributed by atoms with Crippen LogP contribution in [0, 0.1) is 0 Å². The quantitative estimate of drug-likeness (QED) is 0.395. The normalized spacial score (nSPS) is 14.2. The minimum absolute atomic E-state index is 0.109. The summed E-state index contributed by atoms with van der Waals surface area (Å²) in [5.41, 5.74) is -1.16. The fraction of sp³-hybridized carbons (Fsp3) is 0.800. The summed E-state index contributed by atoms with van der Waals surface area (Å²) in [4.78, 5) is 21.4. The summed E-state index contributed by atoms with van der Waals surface area (Å²) < 4.78 is 14.6. The Morgan fingerprint density at radius 1 is 1.25 bits per heavy atom. The molecule has 0 amide bonds. The third-order valence-corrected chi connectivity index (χ3v) is 1.78. The number of hydrogen-bond donors (Lipinski definition) is 0. The molecule has 5 nitrogen and oxygen atoms in total. The molecule has 94 valence electrons. The highest BCUT2D eigenvalue weighted by Crippen LogP contribution is 2.01. The van der Waals surface area contributed by atoms with Gasteiger partial charge in [-0.3, -0.25) is 0 Å². The van der Waals surface area contributed by atoms with Gasteiger partial charge in [-0.05, 0) is 20.3 Å². The number of carbonyl (C=O) groups excluding carboxylic acids is 2. The number of hydrogen-bond acceptors (Lipinski definition) is 5. The molecule has 0 spiro atoms. The van der Waals surface area contributed by atoms with Crippen molar-refractivity contribution in [2.24, 2.45) is 0 Å². The van der Waals surface area contributed by atoms with E-state index in [-0.39, 0.29) is 12.7 Å². The van der Waals surface area contributed by atoms with E-state index in [0.29, 0.717) is 6.61 Å². The van der Waals surface area contributed by atoms with Gasteiger partial charge < -0.3 is 14.2 Å². The molecule has 2 unspecified atom stereocenters. The molecular formula is C10H17ClO5. The number of rotatable bonds is 7. The van der Waals surface area contributed by atoms with E-state index < -0.39 is 17.5 Å². The van der Waals surface area contributed by atoms with E-state index >= 15 is 0 Å². The van der Waals surface area contributed by atoms with Gasteiger partial charge in [0.1, 0.15) is 0 Å². The van der Waals surface area contributed by atoms with E-state index in [1.807, 2.05) is 13.8 Å². The first kappa shape index (κ1) is 15.3. The molecule has 16 heavy (non-hydrogen) atoms. The molecule has 0 aromatic carbocycles. The second-order valence-electron chi connectivity index (χ2n) is 3.32. The molecule has 0 aliphatic carbocycles. The van der Waals surface area contributed by atoms with Crippen molar-refractivity contribution in [1.82, 2.24) is 0 Å². The Hall–Kier alpha value is -0.650. The molecule has 0 saturated heterocycles. The monoisotopic (exact) mass is 252 g/mol. The van der Waals surface area contributed by atoms with Crippen molar-refractivity contribution in [1.29, 1.82) is 0 Å². The Morgan fingerprint density at radius 3 is 2.38 bits per heavy atom. The molecular weight excluding hydrogens is 236 g/mol. The van der Waals surface area contributed by atoms with Crippen molar-refractivity contribution >= 4 is 23.0 Å². The first-order chi connectivity index (χ1) is 7.47. The summed E-state index contributed by atoms with van der Waals surface area (Å²) in [6, 6.07) is 0. The molecule has 0 aromatic heterocycles. The highest BCUT2D eigenvalue weighted by atomic mass is 35.5. The van der Waals surface area contributed by atoms with E-state index in [1.54, 1.807) is 0 Å². The van der Waals surface area contributed by atoms with Crippen LogP contribution in [0.1, 0.15) is 27.2 Å². The van der Waals surface area contributed by atoms with Gasteiger partial charge in [0.05, 0.1) is 12.7 Å². The third kappa shape index (κ3) is 7.62. The summed E-state index contributed by atoms with van der Waals surface area (Å²) >= 11 is 4.89. The molecule has 0 bridgehead atoms. The second-order valence-corrected chi connectivity index (χ2v) is 3.62. The highest BCUT2D eigenvalue weighted by molar-refractivity contribution is 6.61. The molecule has 0 aliphatic heterocycles. The lowest BCUT2D eigenvalue weighted by atomic mass is 10.4. The van der Waals surface area contributed by atoms with Crippen LogP contribution >= 0.6 is 11.6 Å². The summed E-state index contributed by atoms with van der Waals surface area (Å²) in [7, 11) is 0. The fourth-order valence-electron chi connectivity index (χ4n) is 0.877.